The first-order valence-corrected chi connectivity index (χ1v) is 6.41. The van der Waals surface area contributed by atoms with Gasteiger partial charge < -0.3 is 10.1 Å². The van der Waals surface area contributed by atoms with Gasteiger partial charge in [0.2, 0.25) is 5.82 Å². The molecule has 0 amide bonds. The van der Waals surface area contributed by atoms with Gasteiger partial charge in [0.25, 0.3) is 0 Å². The van der Waals surface area contributed by atoms with Gasteiger partial charge in [-0.25, -0.2) is 0 Å². The molecule has 0 aromatic heterocycles. The van der Waals surface area contributed by atoms with Crippen LogP contribution in [0.4, 0.5) is 10.1 Å². The smallest absolute Gasteiger partial charge is 0.305 e. The molecule has 5 nitrogen and oxygen atoms in total. The predicted octanol–water partition coefficient (Wildman–Crippen LogP) is 3.81. The van der Waals surface area contributed by atoms with Gasteiger partial charge in [-0.05, 0) is 26.1 Å². The molecule has 0 aliphatic carbocycles. The zero-order valence-corrected chi connectivity index (χ0v) is 11.7. The first-order valence-electron chi connectivity index (χ1n) is 6.41. The summed E-state index contributed by atoms with van der Waals surface area (Å²) in [5.74, 6) is -0.127. The van der Waals surface area contributed by atoms with Crippen molar-refractivity contribution in [2.75, 3.05) is 7.05 Å². The number of nitro benzene ring substituents is 1. The fourth-order valence-electron chi connectivity index (χ4n) is 1.91. The summed E-state index contributed by atoms with van der Waals surface area (Å²) in [5, 5.41) is 13.7. The maximum absolute atomic E-state index is 13.6. The summed E-state index contributed by atoms with van der Waals surface area (Å²) in [6.45, 7) is 1.97. The summed E-state index contributed by atoms with van der Waals surface area (Å²) in [5.41, 5.74) is 0.345. The van der Waals surface area contributed by atoms with E-state index in [4.69, 9.17) is 4.74 Å². The molecule has 0 saturated carbocycles. The summed E-state index contributed by atoms with van der Waals surface area (Å²) in [6, 6.07) is 10.9. The summed E-state index contributed by atoms with van der Waals surface area (Å²) in [6.07, 6.45) is 0. The Balaban J connectivity index is 2.31. The van der Waals surface area contributed by atoms with Crippen LogP contribution in [0, 0.1) is 15.9 Å². The molecule has 2 rings (SSSR count). The van der Waals surface area contributed by atoms with E-state index >= 15 is 0 Å². The molecule has 0 bridgehead atoms. The highest BCUT2D eigenvalue weighted by molar-refractivity contribution is 5.43. The van der Waals surface area contributed by atoms with Crippen LogP contribution in [0.3, 0.4) is 0 Å². The summed E-state index contributed by atoms with van der Waals surface area (Å²) in [7, 11) is 1.83. The Labute approximate surface area is 121 Å². The Bertz CT molecular complexity index is 661. The summed E-state index contributed by atoms with van der Waals surface area (Å²) < 4.78 is 19.2. The molecule has 0 radical (unpaired) electrons. The molecule has 1 atom stereocenters. The van der Waals surface area contributed by atoms with E-state index in [9.17, 15) is 14.5 Å². The molecule has 0 saturated heterocycles. The molecule has 2 aromatic carbocycles. The Morgan fingerprint density at radius 1 is 1.29 bits per heavy atom. The van der Waals surface area contributed by atoms with E-state index in [0.717, 1.165) is 17.7 Å². The van der Waals surface area contributed by atoms with Crippen LogP contribution < -0.4 is 10.1 Å². The Hall–Kier alpha value is -2.47. The average Bonchev–Trinajstić information content (AvgIpc) is 2.46. The second kappa shape index (κ2) is 6.32. The van der Waals surface area contributed by atoms with Crippen molar-refractivity contribution in [1.29, 1.82) is 0 Å². The van der Waals surface area contributed by atoms with Crippen molar-refractivity contribution in [2.45, 2.75) is 13.0 Å². The second-order valence-electron chi connectivity index (χ2n) is 4.52. The van der Waals surface area contributed by atoms with Crippen LogP contribution in [0.15, 0.2) is 42.5 Å². The van der Waals surface area contributed by atoms with Crippen molar-refractivity contribution in [3.8, 4) is 11.5 Å². The zero-order valence-electron chi connectivity index (χ0n) is 11.7. The summed E-state index contributed by atoms with van der Waals surface area (Å²) >= 11 is 0. The molecule has 0 heterocycles. The van der Waals surface area contributed by atoms with Gasteiger partial charge in [-0.3, -0.25) is 10.1 Å². The Kier molecular flexibility index (Phi) is 4.49. The first-order chi connectivity index (χ1) is 10.0. The number of halogens is 1. The standard InChI is InChI=1S/C15H15FN2O3/c1-10(17-2)12-5-3-4-6-15(12)21-11-7-8-14(18(19)20)13(16)9-11/h3-10,17H,1-2H3. The van der Waals surface area contributed by atoms with Crippen LogP contribution >= 0.6 is 0 Å². The lowest BCUT2D eigenvalue weighted by atomic mass is 10.1. The zero-order chi connectivity index (χ0) is 15.4. The molecule has 0 aliphatic heterocycles. The van der Waals surface area contributed by atoms with Crippen LogP contribution in [-0.2, 0) is 0 Å². The van der Waals surface area contributed by atoms with E-state index in [2.05, 4.69) is 5.32 Å². The molecule has 0 aliphatic rings. The average molecular weight is 290 g/mol. The van der Waals surface area contributed by atoms with E-state index in [1.54, 1.807) is 6.07 Å². The largest absolute Gasteiger partial charge is 0.457 e. The monoisotopic (exact) mass is 290 g/mol. The first kappa shape index (κ1) is 14.9. The molecular weight excluding hydrogens is 275 g/mol. The van der Waals surface area contributed by atoms with Gasteiger partial charge in [0, 0.05) is 23.7 Å². The Morgan fingerprint density at radius 3 is 2.62 bits per heavy atom. The highest BCUT2D eigenvalue weighted by Crippen LogP contribution is 2.31. The van der Waals surface area contributed by atoms with Gasteiger partial charge in [0.1, 0.15) is 11.5 Å². The van der Waals surface area contributed by atoms with E-state index in [-0.39, 0.29) is 11.8 Å². The van der Waals surface area contributed by atoms with Crippen LogP contribution in [0.25, 0.3) is 0 Å². The lowest BCUT2D eigenvalue weighted by molar-refractivity contribution is -0.387. The van der Waals surface area contributed by atoms with Gasteiger partial charge in [0.05, 0.1) is 4.92 Å². The lowest BCUT2D eigenvalue weighted by Gasteiger charge is -2.16. The topological polar surface area (TPSA) is 64.4 Å². The maximum atomic E-state index is 13.6. The number of hydrogen-bond acceptors (Lipinski definition) is 4. The summed E-state index contributed by atoms with van der Waals surface area (Å²) in [4.78, 5) is 9.82. The van der Waals surface area contributed by atoms with E-state index in [1.807, 2.05) is 32.2 Å². The van der Waals surface area contributed by atoms with Crippen LogP contribution in [0.5, 0.6) is 11.5 Å². The number of nitrogens with one attached hydrogen (secondary N) is 1. The van der Waals surface area contributed by atoms with Crippen molar-refractivity contribution < 1.29 is 14.1 Å². The number of rotatable bonds is 5. The molecule has 0 fully saturated rings. The fourth-order valence-corrected chi connectivity index (χ4v) is 1.91. The molecule has 1 unspecified atom stereocenters. The molecule has 110 valence electrons. The van der Waals surface area contributed by atoms with Gasteiger partial charge in [0.15, 0.2) is 0 Å². The minimum Gasteiger partial charge on any atom is -0.457 e. The predicted molar refractivity (Wildman–Crippen MR) is 77.0 cm³/mol. The third-order valence-electron chi connectivity index (χ3n) is 3.16. The third kappa shape index (κ3) is 3.35. The highest BCUT2D eigenvalue weighted by atomic mass is 19.1. The van der Waals surface area contributed by atoms with Crippen molar-refractivity contribution >= 4 is 5.69 Å². The van der Waals surface area contributed by atoms with Crippen molar-refractivity contribution in [3.05, 3.63) is 64.0 Å². The molecule has 6 heteroatoms. The van der Waals surface area contributed by atoms with Gasteiger partial charge >= 0.3 is 5.69 Å². The number of nitro groups is 1. The SMILES string of the molecule is CNC(C)c1ccccc1Oc1ccc([N+](=O)[O-])c(F)c1. The minimum absolute atomic E-state index is 0.0593. The fraction of sp³-hybridized carbons (Fsp3) is 0.200. The molecule has 1 N–H and O–H groups in total. The maximum Gasteiger partial charge on any atom is 0.305 e. The number of hydrogen-bond donors (Lipinski definition) is 1. The highest BCUT2D eigenvalue weighted by Gasteiger charge is 2.16. The molecule has 21 heavy (non-hydrogen) atoms. The van der Waals surface area contributed by atoms with Crippen LogP contribution in [-0.4, -0.2) is 12.0 Å². The molecular formula is C15H15FN2O3. The van der Waals surface area contributed by atoms with Crippen LogP contribution in [0.2, 0.25) is 0 Å². The molecule has 2 aromatic rings. The van der Waals surface area contributed by atoms with Gasteiger partial charge in [-0.2, -0.15) is 4.39 Å². The van der Waals surface area contributed by atoms with E-state index in [0.29, 0.717) is 5.75 Å². The van der Waals surface area contributed by atoms with Gasteiger partial charge in [-0.15, -0.1) is 0 Å². The third-order valence-corrected chi connectivity index (χ3v) is 3.16. The van der Waals surface area contributed by atoms with E-state index < -0.39 is 16.4 Å². The number of ether oxygens (including phenoxy) is 1. The molecule has 0 spiro atoms. The number of para-hydroxylation sites is 1. The quantitative estimate of drug-likeness (QED) is 0.672. The van der Waals surface area contributed by atoms with E-state index in [1.165, 1.54) is 6.07 Å². The normalized spacial score (nSPS) is 12.0. The Morgan fingerprint density at radius 2 is 2.00 bits per heavy atom. The van der Waals surface area contributed by atoms with Gasteiger partial charge in [-0.1, -0.05) is 18.2 Å². The number of nitrogens with zero attached hydrogens (tertiary/aromatic N) is 1. The number of benzene rings is 2. The van der Waals surface area contributed by atoms with Crippen LogP contribution in [0.1, 0.15) is 18.5 Å². The van der Waals surface area contributed by atoms with Crippen molar-refractivity contribution in [1.82, 2.24) is 5.32 Å². The van der Waals surface area contributed by atoms with Crippen molar-refractivity contribution in [2.24, 2.45) is 0 Å². The minimum atomic E-state index is -0.920. The lowest BCUT2D eigenvalue weighted by Crippen LogP contribution is -2.13. The second-order valence-corrected chi connectivity index (χ2v) is 4.52. The van der Waals surface area contributed by atoms with Crippen molar-refractivity contribution in [3.63, 3.8) is 0 Å².